The summed E-state index contributed by atoms with van der Waals surface area (Å²) >= 11 is 0. The molecule has 17 heavy (non-hydrogen) atoms. The number of aromatic carboxylic acids is 1. The van der Waals surface area contributed by atoms with Gasteiger partial charge in [0.1, 0.15) is 11.3 Å². The van der Waals surface area contributed by atoms with Crippen molar-refractivity contribution in [3.8, 4) is 17.2 Å². The van der Waals surface area contributed by atoms with Gasteiger partial charge in [-0.1, -0.05) is 24.3 Å². The van der Waals surface area contributed by atoms with Crippen LogP contribution < -0.4 is 4.74 Å². The van der Waals surface area contributed by atoms with E-state index in [0.29, 0.717) is 0 Å². The van der Waals surface area contributed by atoms with Gasteiger partial charge in [0.15, 0.2) is 11.5 Å². The molecule has 0 atom stereocenters. The molecule has 0 aliphatic heterocycles. The number of carboxylic acids is 1. The van der Waals surface area contributed by atoms with E-state index in [9.17, 15) is 9.90 Å². The SMILES string of the molecule is O=C(O)c1ccccc1Oc1ccccc1O. The molecular weight excluding hydrogens is 220 g/mol. The van der Waals surface area contributed by atoms with Crippen molar-refractivity contribution in [3.63, 3.8) is 0 Å². The van der Waals surface area contributed by atoms with Crippen LogP contribution in [0.5, 0.6) is 17.2 Å². The Morgan fingerprint density at radius 3 is 2.18 bits per heavy atom. The summed E-state index contributed by atoms with van der Waals surface area (Å²) in [6.07, 6.45) is 0. The highest BCUT2D eigenvalue weighted by atomic mass is 16.5. The molecule has 2 aromatic rings. The van der Waals surface area contributed by atoms with Crippen LogP contribution in [0.1, 0.15) is 10.4 Å². The Labute approximate surface area is 97.7 Å². The first-order valence-corrected chi connectivity index (χ1v) is 4.96. The summed E-state index contributed by atoms with van der Waals surface area (Å²) in [5, 5.41) is 18.5. The van der Waals surface area contributed by atoms with Gasteiger partial charge >= 0.3 is 5.97 Å². The number of ether oxygens (including phenoxy) is 1. The number of carbonyl (C=O) groups is 1. The summed E-state index contributed by atoms with van der Waals surface area (Å²) in [5.74, 6) is -0.689. The van der Waals surface area contributed by atoms with Crippen LogP contribution in [-0.4, -0.2) is 16.2 Å². The van der Waals surface area contributed by atoms with E-state index >= 15 is 0 Å². The number of phenolic OH excluding ortho intramolecular Hbond substituents is 1. The van der Waals surface area contributed by atoms with Crippen LogP contribution >= 0.6 is 0 Å². The fourth-order valence-electron chi connectivity index (χ4n) is 1.39. The second kappa shape index (κ2) is 4.57. The molecule has 0 aromatic heterocycles. The van der Waals surface area contributed by atoms with Gasteiger partial charge in [-0.05, 0) is 24.3 Å². The quantitative estimate of drug-likeness (QED) is 0.850. The van der Waals surface area contributed by atoms with Crippen molar-refractivity contribution in [2.24, 2.45) is 0 Å². The highest BCUT2D eigenvalue weighted by Crippen LogP contribution is 2.31. The van der Waals surface area contributed by atoms with Gasteiger partial charge < -0.3 is 14.9 Å². The zero-order chi connectivity index (χ0) is 12.3. The van der Waals surface area contributed by atoms with Gasteiger partial charge in [-0.2, -0.15) is 0 Å². The van der Waals surface area contributed by atoms with E-state index in [1.54, 1.807) is 30.3 Å². The van der Waals surface area contributed by atoms with E-state index in [1.165, 1.54) is 18.2 Å². The van der Waals surface area contributed by atoms with Crippen molar-refractivity contribution in [1.29, 1.82) is 0 Å². The third-order valence-corrected chi connectivity index (χ3v) is 2.20. The molecule has 86 valence electrons. The van der Waals surface area contributed by atoms with E-state index in [0.717, 1.165) is 0 Å². The number of carboxylic acid groups (broad SMARTS) is 1. The van der Waals surface area contributed by atoms with Crippen LogP contribution in [0.4, 0.5) is 0 Å². The van der Waals surface area contributed by atoms with Crippen LogP contribution in [-0.2, 0) is 0 Å². The highest BCUT2D eigenvalue weighted by molar-refractivity contribution is 5.90. The van der Waals surface area contributed by atoms with Gasteiger partial charge in [-0.3, -0.25) is 0 Å². The zero-order valence-corrected chi connectivity index (χ0v) is 8.83. The van der Waals surface area contributed by atoms with Gasteiger partial charge in [-0.25, -0.2) is 4.79 Å². The minimum absolute atomic E-state index is 0.0345. The maximum atomic E-state index is 11.0. The molecule has 2 rings (SSSR count). The second-order valence-corrected chi connectivity index (χ2v) is 3.37. The molecule has 2 N–H and O–H groups in total. The Balaban J connectivity index is 2.37. The van der Waals surface area contributed by atoms with E-state index in [-0.39, 0.29) is 22.8 Å². The van der Waals surface area contributed by atoms with Crippen LogP contribution in [0.2, 0.25) is 0 Å². The Bertz CT molecular complexity index is 549. The summed E-state index contributed by atoms with van der Waals surface area (Å²) in [6.45, 7) is 0. The van der Waals surface area contributed by atoms with Gasteiger partial charge in [0.05, 0.1) is 0 Å². The lowest BCUT2D eigenvalue weighted by Gasteiger charge is -2.09. The lowest BCUT2D eigenvalue weighted by atomic mass is 10.2. The van der Waals surface area contributed by atoms with Gasteiger partial charge in [-0.15, -0.1) is 0 Å². The molecule has 4 nitrogen and oxygen atoms in total. The molecule has 0 heterocycles. The predicted octanol–water partition coefficient (Wildman–Crippen LogP) is 2.88. The van der Waals surface area contributed by atoms with Crippen molar-refractivity contribution >= 4 is 5.97 Å². The maximum Gasteiger partial charge on any atom is 0.339 e. The van der Waals surface area contributed by atoms with Gasteiger partial charge in [0.25, 0.3) is 0 Å². The second-order valence-electron chi connectivity index (χ2n) is 3.37. The van der Waals surface area contributed by atoms with Crippen molar-refractivity contribution in [3.05, 3.63) is 54.1 Å². The van der Waals surface area contributed by atoms with Crippen molar-refractivity contribution < 1.29 is 19.7 Å². The van der Waals surface area contributed by atoms with Gasteiger partial charge in [0.2, 0.25) is 0 Å². The van der Waals surface area contributed by atoms with E-state index < -0.39 is 5.97 Å². The molecule has 0 saturated heterocycles. The summed E-state index contributed by atoms with van der Waals surface area (Å²) < 4.78 is 5.37. The standard InChI is InChI=1S/C13H10O4/c14-10-6-2-4-8-12(10)17-11-7-3-1-5-9(11)13(15)16/h1-8,14H,(H,15,16). The molecule has 0 amide bonds. The fourth-order valence-corrected chi connectivity index (χ4v) is 1.39. The van der Waals surface area contributed by atoms with Crippen LogP contribution in [0.15, 0.2) is 48.5 Å². The smallest absolute Gasteiger partial charge is 0.339 e. The normalized spacial score (nSPS) is 9.88. The summed E-state index contributed by atoms with van der Waals surface area (Å²) in [4.78, 5) is 11.0. The molecule has 0 radical (unpaired) electrons. The van der Waals surface area contributed by atoms with Crippen LogP contribution in [0, 0.1) is 0 Å². The summed E-state index contributed by atoms with van der Waals surface area (Å²) in [7, 11) is 0. The maximum absolute atomic E-state index is 11.0. The molecule has 0 bridgehead atoms. The van der Waals surface area contributed by atoms with E-state index in [2.05, 4.69) is 0 Å². The number of aromatic hydroxyl groups is 1. The first-order valence-electron chi connectivity index (χ1n) is 4.96. The van der Waals surface area contributed by atoms with Crippen molar-refractivity contribution in [2.75, 3.05) is 0 Å². The third kappa shape index (κ3) is 2.36. The fraction of sp³-hybridized carbons (Fsp3) is 0. The largest absolute Gasteiger partial charge is 0.504 e. The van der Waals surface area contributed by atoms with Gasteiger partial charge in [0, 0.05) is 0 Å². The monoisotopic (exact) mass is 230 g/mol. The first kappa shape index (κ1) is 11.0. The average Bonchev–Trinajstić information content (AvgIpc) is 2.32. The number of rotatable bonds is 3. The number of para-hydroxylation sites is 3. The molecule has 0 fully saturated rings. The lowest BCUT2D eigenvalue weighted by Crippen LogP contribution is -1.99. The Kier molecular flexibility index (Phi) is 2.96. The van der Waals surface area contributed by atoms with E-state index in [4.69, 9.17) is 9.84 Å². The Hall–Kier alpha value is -2.49. The lowest BCUT2D eigenvalue weighted by molar-refractivity contribution is 0.0694. The average molecular weight is 230 g/mol. The molecule has 0 spiro atoms. The molecular formula is C13H10O4. The number of hydrogen-bond acceptors (Lipinski definition) is 3. The molecule has 0 aliphatic carbocycles. The van der Waals surface area contributed by atoms with E-state index in [1.807, 2.05) is 0 Å². The highest BCUT2D eigenvalue weighted by Gasteiger charge is 2.12. The number of hydrogen-bond donors (Lipinski definition) is 2. The first-order chi connectivity index (χ1) is 8.18. The Morgan fingerprint density at radius 2 is 1.53 bits per heavy atom. The molecule has 0 aliphatic rings. The molecule has 0 saturated carbocycles. The number of benzene rings is 2. The molecule has 4 heteroatoms. The predicted molar refractivity (Wildman–Crippen MR) is 61.6 cm³/mol. The number of phenols is 1. The zero-order valence-electron chi connectivity index (χ0n) is 8.83. The third-order valence-electron chi connectivity index (χ3n) is 2.20. The van der Waals surface area contributed by atoms with Crippen molar-refractivity contribution in [1.82, 2.24) is 0 Å². The molecule has 0 unspecified atom stereocenters. The minimum Gasteiger partial charge on any atom is -0.504 e. The van der Waals surface area contributed by atoms with Crippen LogP contribution in [0.3, 0.4) is 0 Å². The van der Waals surface area contributed by atoms with Crippen molar-refractivity contribution in [2.45, 2.75) is 0 Å². The minimum atomic E-state index is -1.07. The summed E-state index contributed by atoms with van der Waals surface area (Å²) in [6, 6.07) is 12.6. The Morgan fingerprint density at radius 1 is 0.941 bits per heavy atom. The summed E-state index contributed by atoms with van der Waals surface area (Å²) in [5.41, 5.74) is 0.0516. The van der Waals surface area contributed by atoms with Crippen LogP contribution in [0.25, 0.3) is 0 Å². The topological polar surface area (TPSA) is 66.8 Å². The molecule has 2 aromatic carbocycles.